The van der Waals surface area contributed by atoms with Crippen LogP contribution in [-0.4, -0.2) is 4.05 Å². The van der Waals surface area contributed by atoms with Gasteiger partial charge in [-0.05, 0) is 24.7 Å². The fraction of sp³-hybridized carbons (Fsp3) is 1.00. The fourth-order valence-electron chi connectivity index (χ4n) is 1.60. The van der Waals surface area contributed by atoms with Crippen LogP contribution < -0.4 is 5.73 Å². The van der Waals surface area contributed by atoms with E-state index in [2.05, 4.69) is 29.5 Å². The molecule has 1 aliphatic rings. The minimum Gasteiger partial charge on any atom is -0.319 e. The van der Waals surface area contributed by atoms with Crippen molar-refractivity contribution in [2.24, 2.45) is 17.6 Å². The van der Waals surface area contributed by atoms with E-state index in [-0.39, 0.29) is 0 Å². The summed E-state index contributed by atoms with van der Waals surface area (Å²) in [6.07, 6.45) is 5.49. The van der Waals surface area contributed by atoms with Crippen LogP contribution in [0.25, 0.3) is 0 Å². The summed E-state index contributed by atoms with van der Waals surface area (Å²) in [4.78, 5) is 0. The summed E-state index contributed by atoms with van der Waals surface area (Å²) in [5.41, 5.74) is 5.80. The predicted octanol–water partition coefficient (Wildman–Crippen LogP) is 2.53. The van der Waals surface area contributed by atoms with Crippen LogP contribution in [0.4, 0.5) is 0 Å². The first-order valence-electron chi connectivity index (χ1n) is 4.10. The Morgan fingerprint density at radius 1 is 1.30 bits per heavy atom. The lowest BCUT2D eigenvalue weighted by molar-refractivity contribution is 0.290. The number of hydrogen-bond acceptors (Lipinski definition) is 1. The van der Waals surface area contributed by atoms with Gasteiger partial charge < -0.3 is 5.73 Å². The van der Waals surface area contributed by atoms with E-state index in [4.69, 9.17) is 5.73 Å². The zero-order valence-corrected chi connectivity index (χ0v) is 8.67. The molecule has 1 nitrogen and oxygen atoms in total. The van der Waals surface area contributed by atoms with E-state index in [1.54, 1.807) is 0 Å². The Morgan fingerprint density at radius 3 is 2.20 bits per heavy atom. The van der Waals surface area contributed by atoms with Gasteiger partial charge in [-0.2, -0.15) is 0 Å². The molecule has 0 saturated heterocycles. The van der Waals surface area contributed by atoms with Crippen molar-refractivity contribution in [3.05, 3.63) is 0 Å². The molecule has 0 bridgehead atoms. The molecule has 60 valence electrons. The van der Waals surface area contributed by atoms with Crippen LogP contribution >= 0.6 is 22.6 Å². The van der Waals surface area contributed by atoms with Gasteiger partial charge in [-0.25, -0.2) is 0 Å². The second-order valence-corrected chi connectivity index (χ2v) is 4.90. The van der Waals surface area contributed by atoms with Crippen LogP contribution in [-0.2, 0) is 0 Å². The van der Waals surface area contributed by atoms with Crippen LogP contribution in [0.1, 0.15) is 32.6 Å². The van der Waals surface area contributed by atoms with Crippen LogP contribution in [0.2, 0.25) is 0 Å². The Hall–Kier alpha value is 0.690. The Morgan fingerprint density at radius 2 is 1.80 bits per heavy atom. The van der Waals surface area contributed by atoms with E-state index in [9.17, 15) is 0 Å². The van der Waals surface area contributed by atoms with Crippen molar-refractivity contribution < 1.29 is 0 Å². The number of nitrogens with two attached hydrogens (primary N) is 1. The van der Waals surface area contributed by atoms with Gasteiger partial charge in [0.1, 0.15) is 0 Å². The first-order valence-corrected chi connectivity index (χ1v) is 5.34. The third-order valence-corrected chi connectivity index (χ3v) is 3.53. The van der Waals surface area contributed by atoms with Gasteiger partial charge in [-0.3, -0.25) is 0 Å². The smallest absolute Gasteiger partial charge is 0.0597 e. The van der Waals surface area contributed by atoms with E-state index in [1.807, 2.05) is 0 Å². The number of rotatable bonds is 1. The van der Waals surface area contributed by atoms with E-state index in [0.29, 0.717) is 4.05 Å². The van der Waals surface area contributed by atoms with Crippen molar-refractivity contribution in [2.45, 2.75) is 36.7 Å². The molecule has 0 aromatic heterocycles. The highest BCUT2D eigenvalue weighted by Crippen LogP contribution is 2.31. The molecule has 0 aliphatic heterocycles. The monoisotopic (exact) mass is 253 g/mol. The topological polar surface area (TPSA) is 26.0 Å². The normalized spacial score (nSPS) is 37.5. The third kappa shape index (κ3) is 2.38. The molecule has 10 heavy (non-hydrogen) atoms. The molecule has 0 aromatic rings. The minimum atomic E-state index is 0.394. The minimum absolute atomic E-state index is 0.394. The van der Waals surface area contributed by atoms with Crippen molar-refractivity contribution >= 4 is 22.6 Å². The molecule has 2 heteroatoms. The molecule has 0 heterocycles. The summed E-state index contributed by atoms with van der Waals surface area (Å²) in [7, 11) is 0. The highest BCUT2D eigenvalue weighted by molar-refractivity contribution is 14.1. The molecule has 0 amide bonds. The Kier molecular flexibility index (Phi) is 3.43. The predicted molar refractivity (Wildman–Crippen MR) is 53.1 cm³/mol. The first kappa shape index (κ1) is 8.78. The summed E-state index contributed by atoms with van der Waals surface area (Å²) in [6.45, 7) is 2.34. The van der Waals surface area contributed by atoms with Crippen molar-refractivity contribution in [1.82, 2.24) is 0 Å². The largest absolute Gasteiger partial charge is 0.319 e. The maximum absolute atomic E-state index is 5.80. The Labute approximate surface area is 76.9 Å². The molecule has 1 saturated carbocycles. The van der Waals surface area contributed by atoms with Crippen LogP contribution in [0.15, 0.2) is 0 Å². The highest BCUT2D eigenvalue weighted by Gasteiger charge is 2.21. The zero-order chi connectivity index (χ0) is 7.56. The van der Waals surface area contributed by atoms with E-state index < -0.39 is 0 Å². The fourth-order valence-corrected chi connectivity index (χ4v) is 2.32. The quantitative estimate of drug-likeness (QED) is 0.433. The highest BCUT2D eigenvalue weighted by atomic mass is 127. The van der Waals surface area contributed by atoms with Gasteiger partial charge in [0.25, 0.3) is 0 Å². The van der Waals surface area contributed by atoms with Crippen molar-refractivity contribution in [2.75, 3.05) is 0 Å². The van der Waals surface area contributed by atoms with Gasteiger partial charge in [0.05, 0.1) is 4.05 Å². The van der Waals surface area contributed by atoms with Gasteiger partial charge in [-0.15, -0.1) is 0 Å². The van der Waals surface area contributed by atoms with Gasteiger partial charge in [0.15, 0.2) is 0 Å². The molecule has 0 aromatic carbocycles. The third-order valence-electron chi connectivity index (χ3n) is 2.51. The Bertz CT molecular complexity index is 95.4. The number of halogens is 1. The van der Waals surface area contributed by atoms with E-state index >= 15 is 0 Å². The molecule has 1 aliphatic carbocycles. The van der Waals surface area contributed by atoms with Crippen LogP contribution in [0, 0.1) is 11.8 Å². The molecule has 0 spiro atoms. The summed E-state index contributed by atoms with van der Waals surface area (Å²) >= 11 is 2.35. The van der Waals surface area contributed by atoms with Crippen molar-refractivity contribution in [3.8, 4) is 0 Å². The summed E-state index contributed by atoms with van der Waals surface area (Å²) < 4.78 is 0.394. The van der Waals surface area contributed by atoms with Gasteiger partial charge in [0.2, 0.25) is 0 Å². The average molecular weight is 253 g/mol. The van der Waals surface area contributed by atoms with Crippen molar-refractivity contribution in [1.29, 1.82) is 0 Å². The SMILES string of the molecule is CC1CCC(C(N)I)CC1. The maximum Gasteiger partial charge on any atom is 0.0597 e. The van der Waals surface area contributed by atoms with E-state index in [0.717, 1.165) is 11.8 Å². The number of alkyl halides is 1. The summed E-state index contributed by atoms with van der Waals surface area (Å²) in [6, 6.07) is 0. The second-order valence-electron chi connectivity index (χ2n) is 3.46. The molecule has 1 rings (SSSR count). The molecule has 0 radical (unpaired) electrons. The molecule has 1 unspecified atom stereocenters. The van der Waals surface area contributed by atoms with Gasteiger partial charge >= 0.3 is 0 Å². The maximum atomic E-state index is 5.80. The van der Waals surface area contributed by atoms with Gasteiger partial charge in [-0.1, -0.05) is 42.4 Å². The zero-order valence-electron chi connectivity index (χ0n) is 6.52. The van der Waals surface area contributed by atoms with Crippen LogP contribution in [0.3, 0.4) is 0 Å². The van der Waals surface area contributed by atoms with Gasteiger partial charge in [0, 0.05) is 0 Å². The first-order chi connectivity index (χ1) is 4.70. The lowest BCUT2D eigenvalue weighted by Gasteiger charge is -2.27. The molecule has 1 fully saturated rings. The summed E-state index contributed by atoms with van der Waals surface area (Å²) in [5, 5.41) is 0. The molecule has 2 N–H and O–H groups in total. The molecule has 1 atom stereocenters. The lowest BCUT2D eigenvalue weighted by Crippen LogP contribution is -2.27. The molecular formula is C8H16IN. The standard InChI is InChI=1S/C8H16IN/c1-6-2-4-7(5-3-6)8(9)10/h6-8H,2-5,10H2,1H3. The van der Waals surface area contributed by atoms with Crippen LogP contribution in [0.5, 0.6) is 0 Å². The van der Waals surface area contributed by atoms with E-state index in [1.165, 1.54) is 25.7 Å². The second kappa shape index (κ2) is 3.90. The molecular weight excluding hydrogens is 237 g/mol. The summed E-state index contributed by atoms with van der Waals surface area (Å²) in [5.74, 6) is 1.75. The average Bonchev–Trinajstić information content (AvgIpc) is 1.88. The lowest BCUT2D eigenvalue weighted by atomic mass is 9.83. The Balaban J connectivity index is 2.26. The number of hydrogen-bond donors (Lipinski definition) is 1. The van der Waals surface area contributed by atoms with Crippen molar-refractivity contribution in [3.63, 3.8) is 0 Å².